The first-order valence-corrected chi connectivity index (χ1v) is 6.92. The van der Waals surface area contributed by atoms with Crippen molar-refractivity contribution in [1.82, 2.24) is 10.2 Å². The van der Waals surface area contributed by atoms with Crippen LogP contribution < -0.4 is 11.1 Å². The highest BCUT2D eigenvalue weighted by Gasteiger charge is 2.16. The first kappa shape index (κ1) is 15.4. The van der Waals surface area contributed by atoms with Crippen molar-refractivity contribution in [3.8, 4) is 0 Å². The first-order chi connectivity index (χ1) is 8.29. The molecule has 6 heteroatoms. The van der Waals surface area contributed by atoms with Crippen molar-refractivity contribution < 1.29 is 4.79 Å². The predicted molar refractivity (Wildman–Crippen MR) is 77.2 cm³/mol. The monoisotopic (exact) mass is 289 g/mol. The van der Waals surface area contributed by atoms with E-state index in [0.29, 0.717) is 13.0 Å². The molecule has 2 heterocycles. The molecule has 0 unspecified atom stereocenters. The molecule has 0 atom stereocenters. The minimum Gasteiger partial charge on any atom is -0.355 e. The molecule has 0 radical (unpaired) electrons. The van der Waals surface area contributed by atoms with E-state index in [1.54, 1.807) is 0 Å². The highest BCUT2D eigenvalue weighted by molar-refractivity contribution is 7.10. The van der Waals surface area contributed by atoms with Crippen molar-refractivity contribution in [1.29, 1.82) is 0 Å². The number of fused-ring (bicyclic) bond motifs is 1. The molecule has 1 aliphatic rings. The molecule has 0 spiro atoms. The van der Waals surface area contributed by atoms with Crippen LogP contribution in [0.5, 0.6) is 0 Å². The van der Waals surface area contributed by atoms with Crippen molar-refractivity contribution in [3.63, 3.8) is 0 Å². The van der Waals surface area contributed by atoms with Gasteiger partial charge < -0.3 is 11.1 Å². The molecule has 102 valence electrons. The summed E-state index contributed by atoms with van der Waals surface area (Å²) in [7, 11) is 0. The SMILES string of the molecule is Cl.NCCC(=O)NCCN1CCc2sccc2C1. The molecule has 0 saturated carbocycles. The lowest BCUT2D eigenvalue weighted by Crippen LogP contribution is -2.37. The number of carbonyl (C=O) groups excluding carboxylic acids is 1. The van der Waals surface area contributed by atoms with E-state index in [2.05, 4.69) is 21.7 Å². The van der Waals surface area contributed by atoms with Gasteiger partial charge in [-0.3, -0.25) is 9.69 Å². The fourth-order valence-electron chi connectivity index (χ4n) is 2.07. The number of nitrogens with two attached hydrogens (primary N) is 1. The summed E-state index contributed by atoms with van der Waals surface area (Å²) < 4.78 is 0. The van der Waals surface area contributed by atoms with Crippen LogP contribution in [0, 0.1) is 0 Å². The molecule has 1 aliphatic heterocycles. The Balaban J connectivity index is 0.00000162. The Labute approximate surface area is 118 Å². The van der Waals surface area contributed by atoms with E-state index in [1.807, 2.05) is 11.3 Å². The summed E-state index contributed by atoms with van der Waals surface area (Å²) in [6.07, 6.45) is 1.57. The molecular weight excluding hydrogens is 270 g/mol. The maximum absolute atomic E-state index is 11.2. The molecule has 4 nitrogen and oxygen atoms in total. The van der Waals surface area contributed by atoms with Gasteiger partial charge in [0.15, 0.2) is 0 Å². The maximum Gasteiger partial charge on any atom is 0.221 e. The van der Waals surface area contributed by atoms with E-state index < -0.39 is 0 Å². The van der Waals surface area contributed by atoms with E-state index in [0.717, 1.165) is 32.6 Å². The Morgan fingerprint density at radius 2 is 2.39 bits per heavy atom. The van der Waals surface area contributed by atoms with E-state index in [1.165, 1.54) is 10.4 Å². The van der Waals surface area contributed by atoms with Gasteiger partial charge >= 0.3 is 0 Å². The summed E-state index contributed by atoms with van der Waals surface area (Å²) in [6, 6.07) is 2.21. The minimum atomic E-state index is 0. The highest BCUT2D eigenvalue weighted by atomic mass is 35.5. The second kappa shape index (κ2) is 7.74. The number of nitrogens with one attached hydrogen (secondary N) is 1. The summed E-state index contributed by atoms with van der Waals surface area (Å²) in [6.45, 7) is 4.18. The Kier molecular flexibility index (Phi) is 6.63. The van der Waals surface area contributed by atoms with E-state index in [4.69, 9.17) is 5.73 Å². The zero-order chi connectivity index (χ0) is 12.1. The van der Waals surface area contributed by atoms with Crippen LogP contribution >= 0.6 is 23.7 Å². The third-order valence-corrected chi connectivity index (χ3v) is 4.03. The van der Waals surface area contributed by atoms with Gasteiger partial charge in [0.05, 0.1) is 0 Å². The van der Waals surface area contributed by atoms with Crippen molar-refractivity contribution in [2.24, 2.45) is 5.73 Å². The van der Waals surface area contributed by atoms with Gasteiger partial charge in [0.2, 0.25) is 5.91 Å². The Morgan fingerprint density at radius 3 is 3.17 bits per heavy atom. The molecule has 2 rings (SSSR count). The van der Waals surface area contributed by atoms with Crippen LogP contribution in [0.1, 0.15) is 16.9 Å². The van der Waals surface area contributed by atoms with Crippen LogP contribution in [0.15, 0.2) is 11.4 Å². The van der Waals surface area contributed by atoms with E-state index in [9.17, 15) is 4.79 Å². The quantitative estimate of drug-likeness (QED) is 0.850. The summed E-state index contributed by atoms with van der Waals surface area (Å²) in [5, 5.41) is 5.05. The van der Waals surface area contributed by atoms with Crippen LogP contribution in [0.2, 0.25) is 0 Å². The molecule has 1 aromatic rings. The van der Waals surface area contributed by atoms with Crippen LogP contribution in [-0.4, -0.2) is 37.0 Å². The smallest absolute Gasteiger partial charge is 0.221 e. The van der Waals surface area contributed by atoms with Gasteiger partial charge in [0.1, 0.15) is 0 Å². The number of thiophene rings is 1. The van der Waals surface area contributed by atoms with Crippen molar-refractivity contribution >= 4 is 29.7 Å². The van der Waals surface area contributed by atoms with Crippen LogP contribution in [0.25, 0.3) is 0 Å². The van der Waals surface area contributed by atoms with E-state index >= 15 is 0 Å². The second-order valence-corrected chi connectivity index (χ2v) is 5.28. The number of halogens is 1. The number of hydrogen-bond donors (Lipinski definition) is 2. The molecule has 0 aromatic carbocycles. The number of amides is 1. The molecule has 0 bridgehead atoms. The fraction of sp³-hybridized carbons (Fsp3) is 0.583. The summed E-state index contributed by atoms with van der Waals surface area (Å²) >= 11 is 1.85. The van der Waals surface area contributed by atoms with Crippen molar-refractivity contribution in [3.05, 3.63) is 21.9 Å². The minimum absolute atomic E-state index is 0. The molecule has 3 N–H and O–H groups in total. The standard InChI is InChI=1S/C12H19N3OS.ClH/c13-4-1-12(16)14-5-7-15-6-2-11-10(9-15)3-8-17-11;/h3,8H,1-2,4-7,9,13H2,(H,14,16);1H. The average Bonchev–Trinajstić information content (AvgIpc) is 2.76. The Hall–Kier alpha value is -0.620. The molecular formula is C12H20ClN3OS. The fourth-order valence-corrected chi connectivity index (χ4v) is 2.96. The Bertz CT molecular complexity index is 383. The largest absolute Gasteiger partial charge is 0.355 e. The maximum atomic E-state index is 11.2. The van der Waals surface area contributed by atoms with Gasteiger partial charge in [-0.25, -0.2) is 0 Å². The van der Waals surface area contributed by atoms with E-state index in [-0.39, 0.29) is 18.3 Å². The summed E-state index contributed by atoms with van der Waals surface area (Å²) in [5.74, 6) is 0.0562. The van der Waals surface area contributed by atoms with Gasteiger partial charge in [-0.05, 0) is 23.4 Å². The summed E-state index contributed by atoms with van der Waals surface area (Å²) in [4.78, 5) is 15.1. The predicted octanol–water partition coefficient (Wildman–Crippen LogP) is 0.993. The Morgan fingerprint density at radius 1 is 1.56 bits per heavy atom. The lowest BCUT2D eigenvalue weighted by atomic mass is 10.1. The van der Waals surface area contributed by atoms with Crippen molar-refractivity contribution in [2.75, 3.05) is 26.2 Å². The van der Waals surface area contributed by atoms with Gasteiger partial charge in [-0.1, -0.05) is 0 Å². The third kappa shape index (κ3) is 4.24. The normalized spacial score (nSPS) is 14.7. The second-order valence-electron chi connectivity index (χ2n) is 4.28. The number of hydrogen-bond acceptors (Lipinski definition) is 4. The van der Waals surface area contributed by atoms with Crippen molar-refractivity contribution in [2.45, 2.75) is 19.4 Å². The van der Waals surface area contributed by atoms with Crippen LogP contribution in [0.4, 0.5) is 0 Å². The third-order valence-electron chi connectivity index (χ3n) is 3.01. The summed E-state index contributed by atoms with van der Waals surface area (Å²) in [5.41, 5.74) is 6.77. The lowest BCUT2D eigenvalue weighted by Gasteiger charge is -2.26. The average molecular weight is 290 g/mol. The zero-order valence-electron chi connectivity index (χ0n) is 10.4. The molecule has 0 aliphatic carbocycles. The lowest BCUT2D eigenvalue weighted by molar-refractivity contribution is -0.120. The molecule has 0 saturated heterocycles. The van der Waals surface area contributed by atoms with Gasteiger partial charge in [-0.2, -0.15) is 0 Å². The van der Waals surface area contributed by atoms with Gasteiger partial charge in [0, 0.05) is 44.0 Å². The van der Waals surface area contributed by atoms with Gasteiger partial charge in [0.25, 0.3) is 0 Å². The topological polar surface area (TPSA) is 58.4 Å². The number of carbonyl (C=O) groups is 1. The number of nitrogens with zero attached hydrogens (tertiary/aromatic N) is 1. The molecule has 1 aromatic heterocycles. The van der Waals surface area contributed by atoms with Crippen LogP contribution in [-0.2, 0) is 17.8 Å². The molecule has 0 fully saturated rings. The van der Waals surface area contributed by atoms with Gasteiger partial charge in [-0.15, -0.1) is 23.7 Å². The molecule has 18 heavy (non-hydrogen) atoms. The highest BCUT2D eigenvalue weighted by Crippen LogP contribution is 2.23. The number of rotatable bonds is 5. The molecule has 1 amide bonds. The first-order valence-electron chi connectivity index (χ1n) is 6.04. The van der Waals surface area contributed by atoms with Crippen LogP contribution in [0.3, 0.4) is 0 Å². The zero-order valence-corrected chi connectivity index (χ0v) is 12.0.